The number of pyridine rings is 1. The van der Waals surface area contributed by atoms with E-state index in [-0.39, 0.29) is 6.04 Å². The molecule has 0 saturated heterocycles. The van der Waals surface area contributed by atoms with E-state index in [1.54, 1.807) is 14.2 Å². The Kier molecular flexibility index (Phi) is 6.77. The number of hydrogen-bond acceptors (Lipinski definition) is 5. The quantitative estimate of drug-likeness (QED) is 0.770. The van der Waals surface area contributed by atoms with Crippen molar-refractivity contribution in [1.82, 2.24) is 4.98 Å². The van der Waals surface area contributed by atoms with Crippen LogP contribution in [0.4, 0.5) is 5.82 Å². The first-order valence-corrected chi connectivity index (χ1v) is 6.54. The van der Waals surface area contributed by atoms with Gasteiger partial charge in [0, 0.05) is 33.5 Å². The molecule has 1 atom stereocenters. The van der Waals surface area contributed by atoms with Crippen LogP contribution in [0.3, 0.4) is 0 Å². The first-order valence-electron chi connectivity index (χ1n) is 6.54. The number of ether oxygens (including phenoxy) is 2. The Labute approximate surface area is 115 Å². The minimum Gasteiger partial charge on any atom is -0.383 e. The molecule has 1 heterocycles. The Morgan fingerprint density at radius 3 is 2.63 bits per heavy atom. The molecule has 0 radical (unpaired) electrons. The van der Waals surface area contributed by atoms with E-state index >= 15 is 0 Å². The summed E-state index contributed by atoms with van der Waals surface area (Å²) in [6, 6.07) is 2.33. The normalized spacial score (nSPS) is 12.5. The fourth-order valence-corrected chi connectivity index (χ4v) is 2.09. The van der Waals surface area contributed by atoms with Gasteiger partial charge < -0.3 is 20.1 Å². The van der Waals surface area contributed by atoms with Crippen molar-refractivity contribution in [1.29, 1.82) is 0 Å². The zero-order valence-corrected chi connectivity index (χ0v) is 12.3. The second-order valence-corrected chi connectivity index (χ2v) is 4.68. The summed E-state index contributed by atoms with van der Waals surface area (Å²) in [6.07, 6.45) is 1.83. The summed E-state index contributed by atoms with van der Waals surface area (Å²) in [5, 5.41) is 0. The molecule has 2 N–H and O–H groups in total. The summed E-state index contributed by atoms with van der Waals surface area (Å²) in [5.74, 6) is 0.971. The van der Waals surface area contributed by atoms with Gasteiger partial charge in [0.05, 0.1) is 19.3 Å². The van der Waals surface area contributed by atoms with E-state index in [0.717, 1.165) is 23.5 Å². The van der Waals surface area contributed by atoms with Crippen LogP contribution >= 0.6 is 0 Å². The maximum atomic E-state index is 5.64. The van der Waals surface area contributed by atoms with Gasteiger partial charge in [0.1, 0.15) is 5.82 Å². The maximum absolute atomic E-state index is 5.64. The van der Waals surface area contributed by atoms with E-state index in [1.807, 2.05) is 6.20 Å². The van der Waals surface area contributed by atoms with Gasteiger partial charge in [-0.15, -0.1) is 0 Å². The van der Waals surface area contributed by atoms with Crippen molar-refractivity contribution in [3.63, 3.8) is 0 Å². The van der Waals surface area contributed by atoms with Crippen LogP contribution in [0.15, 0.2) is 12.3 Å². The van der Waals surface area contributed by atoms with E-state index in [0.29, 0.717) is 19.8 Å². The van der Waals surface area contributed by atoms with Crippen molar-refractivity contribution in [2.75, 3.05) is 38.9 Å². The van der Waals surface area contributed by atoms with Crippen molar-refractivity contribution >= 4 is 5.82 Å². The van der Waals surface area contributed by atoms with E-state index < -0.39 is 0 Å². The molecule has 108 valence electrons. The number of methoxy groups -OCH3 is 2. The van der Waals surface area contributed by atoms with E-state index in [4.69, 9.17) is 15.2 Å². The molecule has 1 unspecified atom stereocenters. The highest BCUT2D eigenvalue weighted by atomic mass is 16.5. The second-order valence-electron chi connectivity index (χ2n) is 4.68. The molecule has 5 nitrogen and oxygen atoms in total. The zero-order valence-electron chi connectivity index (χ0n) is 12.3. The predicted molar refractivity (Wildman–Crippen MR) is 77.4 cm³/mol. The van der Waals surface area contributed by atoms with Crippen LogP contribution in [0.2, 0.25) is 0 Å². The van der Waals surface area contributed by atoms with Crippen LogP contribution in [0.25, 0.3) is 0 Å². The third-order valence-electron chi connectivity index (χ3n) is 3.09. The Bertz CT molecular complexity index is 385. The number of nitrogens with two attached hydrogens (primary N) is 1. The molecule has 0 aliphatic carbocycles. The van der Waals surface area contributed by atoms with E-state index in [2.05, 4.69) is 29.8 Å². The maximum Gasteiger partial charge on any atom is 0.131 e. The first kappa shape index (κ1) is 15.9. The number of hydrogen-bond donors (Lipinski definition) is 1. The van der Waals surface area contributed by atoms with Gasteiger partial charge >= 0.3 is 0 Å². The standard InChI is InChI=1S/C14H25N3O2/c1-11-7-13(8-15)9-16-14(11)17(5-6-18-3)12(2)10-19-4/h7,9,12H,5-6,8,10,15H2,1-4H3. The minimum atomic E-state index is 0.245. The van der Waals surface area contributed by atoms with Crippen molar-refractivity contribution in [2.24, 2.45) is 5.73 Å². The molecule has 0 aliphatic rings. The Balaban J connectivity index is 2.95. The molecular formula is C14H25N3O2. The molecule has 1 rings (SSSR count). The molecule has 1 aromatic rings. The van der Waals surface area contributed by atoms with Gasteiger partial charge in [-0.3, -0.25) is 0 Å². The van der Waals surface area contributed by atoms with E-state index in [1.165, 1.54) is 0 Å². The van der Waals surface area contributed by atoms with Gasteiger partial charge in [-0.1, -0.05) is 0 Å². The third-order valence-corrected chi connectivity index (χ3v) is 3.09. The lowest BCUT2D eigenvalue weighted by atomic mass is 10.1. The molecule has 0 bridgehead atoms. The van der Waals surface area contributed by atoms with Gasteiger partial charge in [-0.25, -0.2) is 4.98 Å². The summed E-state index contributed by atoms with van der Waals surface area (Å²) in [7, 11) is 3.42. The van der Waals surface area contributed by atoms with Crippen LogP contribution in [0.5, 0.6) is 0 Å². The van der Waals surface area contributed by atoms with Crippen LogP contribution in [0.1, 0.15) is 18.1 Å². The average molecular weight is 267 g/mol. The zero-order chi connectivity index (χ0) is 14.3. The van der Waals surface area contributed by atoms with Crippen molar-refractivity contribution in [3.05, 3.63) is 23.4 Å². The minimum absolute atomic E-state index is 0.245. The fourth-order valence-electron chi connectivity index (χ4n) is 2.09. The summed E-state index contributed by atoms with van der Waals surface area (Å²) in [4.78, 5) is 6.75. The average Bonchev–Trinajstić information content (AvgIpc) is 2.40. The largest absolute Gasteiger partial charge is 0.383 e. The predicted octanol–water partition coefficient (Wildman–Crippen LogP) is 1.34. The molecule has 0 spiro atoms. The Morgan fingerprint density at radius 2 is 2.11 bits per heavy atom. The molecule has 19 heavy (non-hydrogen) atoms. The Morgan fingerprint density at radius 1 is 1.37 bits per heavy atom. The highest BCUT2D eigenvalue weighted by Gasteiger charge is 2.17. The SMILES string of the molecule is COCCN(c1ncc(CN)cc1C)C(C)COC. The molecule has 5 heteroatoms. The van der Waals surface area contributed by atoms with Gasteiger partial charge in [0.15, 0.2) is 0 Å². The lowest BCUT2D eigenvalue weighted by Crippen LogP contribution is -2.39. The number of nitrogens with zero attached hydrogens (tertiary/aromatic N) is 2. The highest BCUT2D eigenvalue weighted by molar-refractivity contribution is 5.48. The first-order chi connectivity index (χ1) is 9.13. The van der Waals surface area contributed by atoms with Crippen molar-refractivity contribution < 1.29 is 9.47 Å². The molecule has 0 saturated carbocycles. The van der Waals surface area contributed by atoms with Crippen LogP contribution in [-0.2, 0) is 16.0 Å². The molecule has 0 aliphatic heterocycles. The Hall–Kier alpha value is -1.17. The molecular weight excluding hydrogens is 242 g/mol. The third kappa shape index (κ3) is 4.45. The fraction of sp³-hybridized carbons (Fsp3) is 0.643. The van der Waals surface area contributed by atoms with Gasteiger partial charge in [0.2, 0.25) is 0 Å². The number of aryl methyl sites for hydroxylation is 1. The number of aromatic nitrogens is 1. The lowest BCUT2D eigenvalue weighted by molar-refractivity contribution is 0.170. The summed E-state index contributed by atoms with van der Waals surface area (Å²) < 4.78 is 10.4. The molecule has 0 aromatic carbocycles. The summed E-state index contributed by atoms with van der Waals surface area (Å²) >= 11 is 0. The number of anilines is 1. The van der Waals surface area contributed by atoms with Crippen molar-refractivity contribution in [3.8, 4) is 0 Å². The highest BCUT2D eigenvalue weighted by Crippen LogP contribution is 2.20. The topological polar surface area (TPSA) is 60.6 Å². The van der Waals surface area contributed by atoms with Crippen LogP contribution in [0, 0.1) is 6.92 Å². The smallest absolute Gasteiger partial charge is 0.131 e. The lowest BCUT2D eigenvalue weighted by Gasteiger charge is -2.31. The molecule has 0 amide bonds. The summed E-state index contributed by atoms with van der Waals surface area (Å²) in [6.45, 7) is 6.80. The van der Waals surface area contributed by atoms with Crippen molar-refractivity contribution in [2.45, 2.75) is 26.4 Å². The second kappa shape index (κ2) is 8.09. The summed E-state index contributed by atoms with van der Waals surface area (Å²) in [5.41, 5.74) is 7.81. The van der Waals surface area contributed by atoms with Crippen LogP contribution < -0.4 is 10.6 Å². The van der Waals surface area contributed by atoms with Crippen LogP contribution in [-0.4, -0.2) is 45.0 Å². The number of rotatable bonds is 8. The van der Waals surface area contributed by atoms with Gasteiger partial charge in [0.25, 0.3) is 0 Å². The molecule has 0 fully saturated rings. The monoisotopic (exact) mass is 267 g/mol. The van der Waals surface area contributed by atoms with Gasteiger partial charge in [-0.05, 0) is 31.0 Å². The van der Waals surface area contributed by atoms with Gasteiger partial charge in [-0.2, -0.15) is 0 Å². The van der Waals surface area contributed by atoms with E-state index in [9.17, 15) is 0 Å². The molecule has 1 aromatic heterocycles.